The first-order valence-corrected chi connectivity index (χ1v) is 46.5. The fourth-order valence-corrected chi connectivity index (χ4v) is 14.6. The van der Waals surface area contributed by atoms with E-state index in [2.05, 4.69) is 41.5 Å². The maximum absolute atomic E-state index is 13.1. The van der Waals surface area contributed by atoms with E-state index in [0.717, 1.165) is 102 Å². The Morgan fingerprint density at radius 2 is 0.495 bits per heavy atom. The van der Waals surface area contributed by atoms with Gasteiger partial charge in [-0.05, 0) is 37.5 Å². The molecule has 0 aliphatic heterocycles. The molecule has 6 atom stereocenters. The van der Waals surface area contributed by atoms with Gasteiger partial charge < -0.3 is 33.8 Å². The summed E-state index contributed by atoms with van der Waals surface area (Å²) < 4.78 is 68.8. The smallest absolute Gasteiger partial charge is 0.462 e. The Balaban J connectivity index is 5.25. The lowest BCUT2D eigenvalue weighted by atomic mass is 9.99. The van der Waals surface area contributed by atoms with Crippen molar-refractivity contribution in [3.05, 3.63) is 0 Å². The highest BCUT2D eigenvalue weighted by Gasteiger charge is 2.30. The predicted octanol–water partition coefficient (Wildman–Crippen LogP) is 25.5. The molecule has 3 N–H and O–H groups in total. The van der Waals surface area contributed by atoms with Crippen LogP contribution in [0, 0.1) is 11.8 Å². The van der Waals surface area contributed by atoms with Gasteiger partial charge in [0.2, 0.25) is 0 Å². The number of aliphatic hydroxyl groups excluding tert-OH is 1. The van der Waals surface area contributed by atoms with Crippen LogP contribution in [0.2, 0.25) is 0 Å². The Morgan fingerprint density at radius 3 is 0.738 bits per heavy atom. The number of hydrogen-bond acceptors (Lipinski definition) is 15. The molecule has 0 heterocycles. The van der Waals surface area contributed by atoms with Crippen LogP contribution in [0.25, 0.3) is 0 Å². The van der Waals surface area contributed by atoms with Gasteiger partial charge in [0.25, 0.3) is 0 Å². The van der Waals surface area contributed by atoms with Crippen LogP contribution < -0.4 is 0 Å². The first-order chi connectivity index (χ1) is 49.9. The first-order valence-electron chi connectivity index (χ1n) is 43.5. The zero-order chi connectivity index (χ0) is 75.6. The molecule has 0 aliphatic carbocycles. The zero-order valence-corrected chi connectivity index (χ0v) is 69.4. The van der Waals surface area contributed by atoms with Gasteiger partial charge in [0.15, 0.2) is 12.2 Å². The van der Waals surface area contributed by atoms with Gasteiger partial charge in [0, 0.05) is 25.7 Å². The average Bonchev–Trinajstić information content (AvgIpc) is 0.912. The van der Waals surface area contributed by atoms with Crippen LogP contribution in [-0.4, -0.2) is 96.7 Å². The van der Waals surface area contributed by atoms with Crippen LogP contribution in [-0.2, 0) is 65.4 Å². The Labute approximate surface area is 632 Å². The number of esters is 4. The minimum atomic E-state index is -4.96. The van der Waals surface area contributed by atoms with Crippen molar-refractivity contribution in [2.24, 2.45) is 11.8 Å². The summed E-state index contributed by atoms with van der Waals surface area (Å²) in [5.74, 6) is -0.558. The average molecular weight is 1510 g/mol. The molecule has 0 aromatic heterocycles. The largest absolute Gasteiger partial charge is 0.472 e. The molecule has 0 amide bonds. The molecule has 0 rings (SSSR count). The highest BCUT2D eigenvalue weighted by atomic mass is 31.2. The molecule has 0 spiro atoms. The fraction of sp³-hybridized carbons (Fsp3) is 0.952. The second kappa shape index (κ2) is 75.5. The molecule has 0 saturated heterocycles. The summed E-state index contributed by atoms with van der Waals surface area (Å²) in [4.78, 5) is 73.2. The number of hydrogen-bond donors (Lipinski definition) is 3. The van der Waals surface area contributed by atoms with Crippen LogP contribution >= 0.6 is 15.6 Å². The van der Waals surface area contributed by atoms with Crippen molar-refractivity contribution >= 4 is 39.5 Å². The van der Waals surface area contributed by atoms with Crippen LogP contribution in [0.4, 0.5) is 0 Å². The van der Waals surface area contributed by atoms with Gasteiger partial charge in [-0.1, -0.05) is 395 Å². The lowest BCUT2D eigenvalue weighted by molar-refractivity contribution is -0.161. The van der Waals surface area contributed by atoms with E-state index in [1.165, 1.54) is 263 Å². The number of rotatable bonds is 83. The van der Waals surface area contributed by atoms with E-state index in [4.69, 9.17) is 37.0 Å². The monoisotopic (exact) mass is 1510 g/mol. The van der Waals surface area contributed by atoms with E-state index in [1.54, 1.807) is 0 Å². The summed E-state index contributed by atoms with van der Waals surface area (Å²) in [7, 11) is -9.93. The number of unbranched alkanes of at least 4 members (excludes halogenated alkanes) is 52. The highest BCUT2D eigenvalue weighted by Crippen LogP contribution is 2.45. The van der Waals surface area contributed by atoms with E-state index >= 15 is 0 Å². The summed E-state index contributed by atoms with van der Waals surface area (Å²) in [6.45, 7) is 9.66. The topological polar surface area (TPSA) is 237 Å². The lowest BCUT2D eigenvalue weighted by Crippen LogP contribution is -2.30. The summed E-state index contributed by atoms with van der Waals surface area (Å²) >= 11 is 0. The Kier molecular flexibility index (Phi) is 74.1. The molecular weight excluding hydrogens is 1340 g/mol. The van der Waals surface area contributed by atoms with Crippen LogP contribution in [0.3, 0.4) is 0 Å². The normalized spacial score (nSPS) is 14.1. The van der Waals surface area contributed by atoms with E-state index in [9.17, 15) is 43.2 Å². The summed E-state index contributed by atoms with van der Waals surface area (Å²) in [5.41, 5.74) is 0. The van der Waals surface area contributed by atoms with Crippen molar-refractivity contribution in [1.82, 2.24) is 0 Å². The first kappa shape index (κ1) is 101. The van der Waals surface area contributed by atoms with Gasteiger partial charge in [-0.25, -0.2) is 9.13 Å². The lowest BCUT2D eigenvalue weighted by Gasteiger charge is -2.21. The molecule has 0 radical (unpaired) electrons. The maximum Gasteiger partial charge on any atom is 0.472 e. The van der Waals surface area contributed by atoms with Crippen LogP contribution in [0.15, 0.2) is 0 Å². The molecule has 0 aromatic carbocycles. The van der Waals surface area contributed by atoms with Crippen molar-refractivity contribution in [3.63, 3.8) is 0 Å². The standard InChI is InChI=1S/C84H164O17P2/c1-7-10-12-14-16-18-20-22-24-26-27-28-29-30-32-34-36-43-50-56-62-68-83(88)100-79(72-94-81(86)66-60-54-48-42-35-33-31-25-23-21-19-17-15-13-11-8-2)74-98-102(90,91)96-70-78(85)71-97-103(92,93)99-75-80(73-95-82(87)67-61-55-49-45-39-40-46-52-58-64-76(4)5)101-84(89)69-63-57-51-44-38-37-41-47-53-59-65-77(6)9-3/h76-80,85H,7-75H2,1-6H3,(H,90,91)(H,92,93)/t77?,78-,79-,80-/m1/s1. The van der Waals surface area contributed by atoms with Gasteiger partial charge in [-0.2, -0.15) is 0 Å². The van der Waals surface area contributed by atoms with Crippen molar-refractivity contribution < 1.29 is 80.2 Å². The number of ether oxygens (including phenoxy) is 4. The highest BCUT2D eigenvalue weighted by molar-refractivity contribution is 7.47. The SMILES string of the molecule is CCCCCCCCCCCCCCCCCCCCCCCC(=O)O[C@H](COC(=O)CCCCCCCCCCCCCCCCCC)COP(=O)(O)OC[C@@H](O)COP(=O)(O)OC[C@@H](COC(=O)CCCCCCCCCCCC(C)C)OC(=O)CCCCCCCCCCCCC(C)CC. The van der Waals surface area contributed by atoms with Crippen molar-refractivity contribution in [1.29, 1.82) is 0 Å². The molecule has 3 unspecified atom stereocenters. The van der Waals surface area contributed by atoms with Crippen molar-refractivity contribution in [3.8, 4) is 0 Å². The van der Waals surface area contributed by atoms with Crippen LogP contribution in [0.5, 0.6) is 0 Å². The third-order valence-corrected chi connectivity index (χ3v) is 22.0. The number of phosphoric ester groups is 2. The molecule has 0 saturated carbocycles. The molecule has 17 nitrogen and oxygen atoms in total. The molecular formula is C84H164O17P2. The van der Waals surface area contributed by atoms with Gasteiger partial charge in [-0.15, -0.1) is 0 Å². The zero-order valence-electron chi connectivity index (χ0n) is 67.6. The summed E-state index contributed by atoms with van der Waals surface area (Å²) in [6, 6.07) is 0. The van der Waals surface area contributed by atoms with Crippen molar-refractivity contribution in [2.75, 3.05) is 39.6 Å². The Bertz CT molecular complexity index is 1980. The number of aliphatic hydroxyl groups is 1. The number of carbonyl (C=O) groups excluding carboxylic acids is 4. The third-order valence-electron chi connectivity index (χ3n) is 20.1. The summed E-state index contributed by atoms with van der Waals surface area (Å²) in [5, 5.41) is 10.7. The fourth-order valence-electron chi connectivity index (χ4n) is 13.0. The minimum absolute atomic E-state index is 0.106. The molecule has 0 bridgehead atoms. The van der Waals surface area contributed by atoms with Crippen LogP contribution in [0.1, 0.15) is 446 Å². The van der Waals surface area contributed by atoms with E-state index in [0.29, 0.717) is 25.7 Å². The molecule has 0 aromatic rings. The van der Waals surface area contributed by atoms with Gasteiger partial charge >= 0.3 is 39.5 Å². The molecule has 612 valence electrons. The third kappa shape index (κ3) is 76.6. The predicted molar refractivity (Wildman–Crippen MR) is 423 cm³/mol. The quantitative estimate of drug-likeness (QED) is 0.0222. The Hall–Kier alpha value is -1.94. The minimum Gasteiger partial charge on any atom is -0.462 e. The van der Waals surface area contributed by atoms with Gasteiger partial charge in [0.1, 0.15) is 19.3 Å². The number of phosphoric acid groups is 2. The van der Waals surface area contributed by atoms with Gasteiger partial charge in [-0.3, -0.25) is 37.3 Å². The molecule has 0 aliphatic rings. The second-order valence-electron chi connectivity index (χ2n) is 30.9. The molecule has 103 heavy (non-hydrogen) atoms. The van der Waals surface area contributed by atoms with E-state index < -0.39 is 97.5 Å². The number of carbonyl (C=O) groups is 4. The summed E-state index contributed by atoms with van der Waals surface area (Å²) in [6.07, 6.45) is 66.6. The second-order valence-corrected chi connectivity index (χ2v) is 33.8. The van der Waals surface area contributed by atoms with Crippen molar-refractivity contribution in [2.45, 2.75) is 464 Å². The molecule has 0 fully saturated rings. The maximum atomic E-state index is 13.1. The molecule has 19 heteroatoms. The van der Waals surface area contributed by atoms with E-state index in [-0.39, 0.29) is 25.7 Å². The Morgan fingerprint density at radius 1 is 0.282 bits per heavy atom. The van der Waals surface area contributed by atoms with Gasteiger partial charge in [0.05, 0.1) is 26.4 Å². The van der Waals surface area contributed by atoms with E-state index in [1.807, 2.05) is 0 Å².